The zero-order chi connectivity index (χ0) is 32.9. The van der Waals surface area contributed by atoms with Crippen LogP contribution in [0.25, 0.3) is 22.3 Å². The summed E-state index contributed by atoms with van der Waals surface area (Å²) in [4.78, 5) is 25.1. The summed E-state index contributed by atoms with van der Waals surface area (Å²) in [5.74, 6) is -5.29. The van der Waals surface area contributed by atoms with Crippen LogP contribution in [0.15, 0.2) is 39.5 Å². The third-order valence-corrected chi connectivity index (χ3v) is 7.27. The van der Waals surface area contributed by atoms with Crippen LogP contribution in [0.4, 0.5) is 0 Å². The molecule has 2 aliphatic rings. The first-order valence-electron chi connectivity index (χ1n) is 13.2. The molecule has 3 heterocycles. The average Bonchev–Trinajstić information content (AvgIpc) is 3.27. The predicted octanol–water partition coefficient (Wildman–Crippen LogP) is -2.97. The smallest absolute Gasteiger partial charge is 0.335 e. The van der Waals surface area contributed by atoms with Crippen LogP contribution in [-0.4, -0.2) is 130 Å². The maximum absolute atomic E-state index is 13.7. The standard InChI is InChI=1S/C27H28O18/c28-6-12(32)22-18(36)20(38)27(43-22)44-23-15(33)14-11(31)4-8(41-26-19(37)16(34)17(35)24(45-26)25(39)40)5-13(14)42-21(23)7-1-2-9(29)10(30)3-7/h1-5,12,16-20,22,24,26-32,34-38H,6H2,(H,39,40)/t12?,16-,17-,18+,19+,20+,22+,24-,26+,27-/m0/s1. The van der Waals surface area contributed by atoms with E-state index in [4.69, 9.17) is 23.4 Å². The summed E-state index contributed by atoms with van der Waals surface area (Å²) in [6.45, 7) is -0.852. The Balaban J connectivity index is 1.59. The van der Waals surface area contributed by atoms with Gasteiger partial charge in [0, 0.05) is 17.7 Å². The number of ether oxygens (including phenoxy) is 4. The van der Waals surface area contributed by atoms with Crippen LogP contribution in [0.1, 0.15) is 0 Å². The van der Waals surface area contributed by atoms with E-state index in [-0.39, 0.29) is 11.3 Å². The SMILES string of the molecule is O=C(O)[C@H]1O[C@@H](Oc2cc(O)c3c(=O)c(O[C@@H]4O[C@H](C(O)CO)[C@H](O)[C@H]4O)c(-c4ccc(O)c(O)c4)oc3c2)[C@H](O)[C@@H](O)[C@@H]1O. The van der Waals surface area contributed by atoms with Gasteiger partial charge in [-0.3, -0.25) is 4.79 Å². The number of hydrogen-bond donors (Lipinski definition) is 11. The number of carboxylic acid groups (broad SMARTS) is 1. The van der Waals surface area contributed by atoms with Gasteiger partial charge < -0.3 is 79.5 Å². The van der Waals surface area contributed by atoms with Gasteiger partial charge in [-0.15, -0.1) is 0 Å². The highest BCUT2D eigenvalue weighted by atomic mass is 16.7. The topological polar surface area (TPSA) is 307 Å². The normalized spacial score (nSPS) is 30.7. The number of carboxylic acids is 1. The maximum atomic E-state index is 13.7. The van der Waals surface area contributed by atoms with Gasteiger partial charge in [-0.1, -0.05) is 0 Å². The molecule has 0 spiro atoms. The van der Waals surface area contributed by atoms with Crippen LogP contribution in [0.2, 0.25) is 0 Å². The monoisotopic (exact) mass is 640 g/mol. The summed E-state index contributed by atoms with van der Waals surface area (Å²) < 4.78 is 27.2. The molecule has 2 aromatic carbocycles. The highest BCUT2D eigenvalue weighted by Gasteiger charge is 2.49. The number of benzene rings is 2. The van der Waals surface area contributed by atoms with Crippen molar-refractivity contribution >= 4 is 16.9 Å². The molecule has 11 N–H and O–H groups in total. The van der Waals surface area contributed by atoms with Crippen molar-refractivity contribution in [2.75, 3.05) is 6.61 Å². The summed E-state index contributed by atoms with van der Waals surface area (Å²) in [6, 6.07) is 5.05. The number of aromatic hydroxyl groups is 3. The molecule has 0 aliphatic carbocycles. The molecule has 2 saturated heterocycles. The second-order valence-corrected chi connectivity index (χ2v) is 10.3. The van der Waals surface area contributed by atoms with E-state index in [0.29, 0.717) is 0 Å². The van der Waals surface area contributed by atoms with Crippen molar-refractivity contribution in [3.8, 4) is 40.1 Å². The highest BCUT2D eigenvalue weighted by Crippen LogP contribution is 2.40. The third-order valence-electron chi connectivity index (χ3n) is 7.27. The van der Waals surface area contributed by atoms with Crippen molar-refractivity contribution < 1.29 is 84.3 Å². The van der Waals surface area contributed by atoms with Crippen molar-refractivity contribution in [1.82, 2.24) is 0 Å². The molecule has 0 saturated carbocycles. The van der Waals surface area contributed by atoms with E-state index >= 15 is 0 Å². The van der Waals surface area contributed by atoms with Crippen LogP contribution in [-0.2, 0) is 14.3 Å². The molecule has 0 radical (unpaired) electrons. The number of phenols is 3. The Morgan fingerprint density at radius 3 is 2.13 bits per heavy atom. The van der Waals surface area contributed by atoms with Gasteiger partial charge in [0.05, 0.1) is 6.61 Å². The van der Waals surface area contributed by atoms with Crippen molar-refractivity contribution in [2.45, 2.75) is 61.4 Å². The fraction of sp³-hybridized carbons (Fsp3) is 0.407. The van der Waals surface area contributed by atoms with Crippen molar-refractivity contribution in [3.63, 3.8) is 0 Å². The molecule has 0 amide bonds. The molecule has 244 valence electrons. The van der Waals surface area contributed by atoms with Crippen molar-refractivity contribution in [3.05, 3.63) is 40.6 Å². The molecule has 2 fully saturated rings. The molecular formula is C27H28O18. The number of phenolic OH excluding ortho intramolecular Hbond substituents is 3. The second-order valence-electron chi connectivity index (χ2n) is 10.3. The third kappa shape index (κ3) is 5.81. The number of aliphatic hydroxyl groups is 7. The van der Waals surface area contributed by atoms with E-state index in [1.54, 1.807) is 0 Å². The van der Waals surface area contributed by atoms with Gasteiger partial charge in [-0.2, -0.15) is 0 Å². The molecule has 45 heavy (non-hydrogen) atoms. The summed E-state index contributed by atoms with van der Waals surface area (Å²) in [7, 11) is 0. The molecular weight excluding hydrogens is 612 g/mol. The summed E-state index contributed by atoms with van der Waals surface area (Å²) >= 11 is 0. The minimum Gasteiger partial charge on any atom is -0.507 e. The Morgan fingerprint density at radius 1 is 0.822 bits per heavy atom. The maximum Gasteiger partial charge on any atom is 0.335 e. The Kier molecular flexibility index (Phi) is 8.77. The first-order chi connectivity index (χ1) is 21.2. The number of rotatable bonds is 8. The lowest BCUT2D eigenvalue weighted by atomic mass is 9.99. The highest BCUT2D eigenvalue weighted by molar-refractivity contribution is 5.88. The number of aliphatic hydroxyl groups excluding tert-OH is 7. The molecule has 1 unspecified atom stereocenters. The van der Waals surface area contributed by atoms with E-state index in [1.807, 2.05) is 0 Å². The van der Waals surface area contributed by atoms with E-state index < -0.39 is 119 Å². The van der Waals surface area contributed by atoms with Gasteiger partial charge >= 0.3 is 5.97 Å². The number of carbonyl (C=O) groups is 1. The summed E-state index contributed by atoms with van der Waals surface area (Å²) in [5, 5.41) is 110. The first kappa shape index (κ1) is 32.2. The quantitative estimate of drug-likeness (QED) is 0.109. The number of aliphatic carboxylic acids is 1. The van der Waals surface area contributed by atoms with Crippen molar-refractivity contribution in [2.24, 2.45) is 0 Å². The lowest BCUT2D eigenvalue weighted by molar-refractivity contribution is -0.271. The van der Waals surface area contributed by atoms with Crippen LogP contribution in [0.5, 0.6) is 28.7 Å². The Hall–Kier alpha value is -4.24. The molecule has 2 aliphatic heterocycles. The molecule has 3 aromatic rings. The second kappa shape index (κ2) is 12.3. The van der Waals surface area contributed by atoms with E-state index in [9.17, 15) is 65.8 Å². The molecule has 18 nitrogen and oxygen atoms in total. The Morgan fingerprint density at radius 2 is 1.49 bits per heavy atom. The van der Waals surface area contributed by atoms with Gasteiger partial charge in [0.15, 0.2) is 23.4 Å². The molecule has 5 rings (SSSR count). The zero-order valence-corrected chi connectivity index (χ0v) is 22.6. The van der Waals surface area contributed by atoms with Gasteiger partial charge in [0.1, 0.15) is 65.2 Å². The fourth-order valence-corrected chi connectivity index (χ4v) is 4.88. The fourth-order valence-electron chi connectivity index (χ4n) is 4.88. The van der Waals surface area contributed by atoms with Gasteiger partial charge in [-0.05, 0) is 18.2 Å². The molecule has 10 atom stereocenters. The minimum atomic E-state index is -2.01. The number of fused-ring (bicyclic) bond motifs is 1. The lowest BCUT2D eigenvalue weighted by Crippen LogP contribution is -2.61. The van der Waals surface area contributed by atoms with E-state index in [0.717, 1.165) is 24.3 Å². The van der Waals surface area contributed by atoms with Gasteiger partial charge in [-0.25, -0.2) is 4.79 Å². The largest absolute Gasteiger partial charge is 0.507 e. The van der Waals surface area contributed by atoms with Crippen LogP contribution >= 0.6 is 0 Å². The van der Waals surface area contributed by atoms with E-state index in [1.165, 1.54) is 6.07 Å². The summed E-state index contributed by atoms with van der Waals surface area (Å²) in [5.41, 5.74) is -1.62. The molecule has 1 aromatic heterocycles. The minimum absolute atomic E-state index is 0.0995. The van der Waals surface area contributed by atoms with E-state index in [2.05, 4.69) is 0 Å². The molecule has 0 bridgehead atoms. The van der Waals surface area contributed by atoms with Crippen molar-refractivity contribution in [1.29, 1.82) is 0 Å². The average molecular weight is 641 g/mol. The first-order valence-corrected chi connectivity index (χ1v) is 13.2. The lowest BCUT2D eigenvalue weighted by Gasteiger charge is -2.38. The predicted molar refractivity (Wildman–Crippen MR) is 142 cm³/mol. The van der Waals surface area contributed by atoms with Gasteiger partial charge in [0.25, 0.3) is 0 Å². The van der Waals surface area contributed by atoms with Crippen LogP contribution < -0.4 is 14.9 Å². The zero-order valence-electron chi connectivity index (χ0n) is 22.6. The summed E-state index contributed by atoms with van der Waals surface area (Å²) in [6.07, 6.45) is -18.5. The Labute approximate surface area is 250 Å². The van der Waals surface area contributed by atoms with Gasteiger partial charge in [0.2, 0.25) is 23.8 Å². The van der Waals surface area contributed by atoms with Crippen LogP contribution in [0, 0.1) is 0 Å². The number of hydrogen-bond acceptors (Lipinski definition) is 17. The Bertz CT molecular complexity index is 1640. The van der Waals surface area contributed by atoms with Crippen LogP contribution in [0.3, 0.4) is 0 Å². The molecule has 18 heteroatoms.